The summed E-state index contributed by atoms with van der Waals surface area (Å²) in [5.41, 5.74) is 0. The van der Waals surface area contributed by atoms with Gasteiger partial charge in [-0.05, 0) is 34.0 Å². The molecule has 1 aliphatic rings. The number of carboxylic acid groups (broad SMARTS) is 1. The van der Waals surface area contributed by atoms with Gasteiger partial charge in [0.1, 0.15) is 0 Å². The number of carbonyl (C=O) groups is 1. The highest BCUT2D eigenvalue weighted by Gasteiger charge is 2.35. The molecule has 1 N–H and O–H groups in total. The monoisotopic (exact) mass is 371 g/mol. The predicted molar refractivity (Wildman–Crippen MR) is 80.9 cm³/mol. The number of aliphatic carboxylic acids is 1. The second-order valence-corrected chi connectivity index (χ2v) is 7.68. The Morgan fingerprint density at radius 3 is 2.95 bits per heavy atom. The van der Waals surface area contributed by atoms with Crippen molar-refractivity contribution in [3.63, 3.8) is 0 Å². The molecule has 2 atom stereocenters. The van der Waals surface area contributed by atoms with Gasteiger partial charge in [0, 0.05) is 13.1 Å². The van der Waals surface area contributed by atoms with Gasteiger partial charge in [0.25, 0.3) is 5.89 Å². The number of rotatable bonds is 4. The summed E-state index contributed by atoms with van der Waals surface area (Å²) < 4.78 is 6.66. The molecule has 0 radical (unpaired) electrons. The first-order valence-corrected chi connectivity index (χ1v) is 8.17. The van der Waals surface area contributed by atoms with Crippen LogP contribution in [0.15, 0.2) is 20.3 Å². The predicted octanol–water partition coefficient (Wildman–Crippen LogP) is 2.71. The number of hydrogen-bond acceptors (Lipinski definition) is 6. The Morgan fingerprint density at radius 1 is 1.52 bits per heavy atom. The van der Waals surface area contributed by atoms with Gasteiger partial charge in [-0.1, -0.05) is 6.92 Å². The summed E-state index contributed by atoms with van der Waals surface area (Å²) in [5, 5.41) is 17.2. The molecule has 0 aliphatic carbocycles. The molecule has 2 aromatic heterocycles. The summed E-state index contributed by atoms with van der Waals surface area (Å²) in [6.07, 6.45) is 0. The average molecular weight is 372 g/mol. The molecule has 0 amide bonds. The third kappa shape index (κ3) is 3.17. The fraction of sp³-hybridized carbons (Fsp3) is 0.462. The van der Waals surface area contributed by atoms with Crippen molar-refractivity contribution >= 4 is 33.2 Å². The van der Waals surface area contributed by atoms with Gasteiger partial charge in [-0.2, -0.15) is 0 Å². The van der Waals surface area contributed by atoms with Gasteiger partial charge in [0.15, 0.2) is 0 Å². The van der Waals surface area contributed by atoms with Crippen LogP contribution >= 0.6 is 27.3 Å². The maximum absolute atomic E-state index is 11.1. The maximum atomic E-state index is 11.1. The van der Waals surface area contributed by atoms with Crippen molar-refractivity contribution in [2.45, 2.75) is 13.5 Å². The normalized spacial score (nSPS) is 22.8. The van der Waals surface area contributed by atoms with Crippen molar-refractivity contribution in [2.75, 3.05) is 13.1 Å². The summed E-state index contributed by atoms with van der Waals surface area (Å²) >= 11 is 4.93. The van der Waals surface area contributed by atoms with E-state index in [0.29, 0.717) is 24.9 Å². The number of thiophene rings is 1. The van der Waals surface area contributed by atoms with Crippen LogP contribution in [0.1, 0.15) is 12.8 Å². The van der Waals surface area contributed by atoms with Crippen molar-refractivity contribution in [1.29, 1.82) is 0 Å². The van der Waals surface area contributed by atoms with Gasteiger partial charge in [-0.25, -0.2) is 0 Å². The molecule has 2 aromatic rings. The highest BCUT2D eigenvalue weighted by molar-refractivity contribution is 9.11. The van der Waals surface area contributed by atoms with Crippen molar-refractivity contribution in [3.05, 3.63) is 21.8 Å². The van der Waals surface area contributed by atoms with Crippen LogP contribution in [0.2, 0.25) is 0 Å². The zero-order chi connectivity index (χ0) is 15.0. The highest BCUT2D eigenvalue weighted by Crippen LogP contribution is 2.31. The van der Waals surface area contributed by atoms with Gasteiger partial charge in [0.2, 0.25) is 5.89 Å². The van der Waals surface area contributed by atoms with Gasteiger partial charge in [-0.3, -0.25) is 9.69 Å². The van der Waals surface area contributed by atoms with Crippen LogP contribution in [0, 0.1) is 11.8 Å². The third-order valence-electron chi connectivity index (χ3n) is 3.61. The lowest BCUT2D eigenvalue weighted by atomic mass is 9.99. The van der Waals surface area contributed by atoms with Crippen LogP contribution in [-0.4, -0.2) is 39.3 Å². The topological polar surface area (TPSA) is 79.5 Å². The van der Waals surface area contributed by atoms with Gasteiger partial charge < -0.3 is 9.52 Å². The van der Waals surface area contributed by atoms with Gasteiger partial charge >= 0.3 is 5.97 Å². The van der Waals surface area contributed by atoms with E-state index in [1.807, 2.05) is 24.0 Å². The summed E-state index contributed by atoms with van der Waals surface area (Å²) in [4.78, 5) is 14.1. The second-order valence-electron chi connectivity index (χ2n) is 5.22. The second kappa shape index (κ2) is 5.86. The summed E-state index contributed by atoms with van der Waals surface area (Å²) in [5.74, 6) is 0.105. The fourth-order valence-electron chi connectivity index (χ4n) is 2.56. The van der Waals surface area contributed by atoms with E-state index in [-0.39, 0.29) is 11.8 Å². The Labute approximate surface area is 133 Å². The first-order valence-electron chi connectivity index (χ1n) is 6.56. The fourth-order valence-corrected chi connectivity index (χ4v) is 3.86. The highest BCUT2D eigenvalue weighted by atomic mass is 79.9. The zero-order valence-corrected chi connectivity index (χ0v) is 13.7. The van der Waals surface area contributed by atoms with Crippen LogP contribution in [0.3, 0.4) is 0 Å². The SMILES string of the molecule is CC1CN(Cc2nnc(-c3ccc(Br)s3)o2)CC1C(=O)O. The van der Waals surface area contributed by atoms with Crippen LogP contribution in [0.4, 0.5) is 0 Å². The number of likely N-dealkylation sites (tertiary alicyclic amines) is 1. The Balaban J connectivity index is 1.67. The average Bonchev–Trinajstić information content (AvgIpc) is 3.10. The zero-order valence-electron chi connectivity index (χ0n) is 11.3. The molecule has 21 heavy (non-hydrogen) atoms. The van der Waals surface area contributed by atoms with Crippen molar-refractivity contribution < 1.29 is 14.3 Å². The molecule has 0 spiro atoms. The summed E-state index contributed by atoms with van der Waals surface area (Å²) in [7, 11) is 0. The molecule has 2 unspecified atom stereocenters. The van der Waals surface area contributed by atoms with E-state index in [2.05, 4.69) is 26.1 Å². The molecule has 3 rings (SSSR count). The van der Waals surface area contributed by atoms with Crippen molar-refractivity contribution in [2.24, 2.45) is 11.8 Å². The van der Waals surface area contributed by atoms with Crippen LogP contribution in [0.25, 0.3) is 10.8 Å². The van der Waals surface area contributed by atoms with E-state index in [4.69, 9.17) is 9.52 Å². The molecule has 0 aromatic carbocycles. The number of aromatic nitrogens is 2. The van der Waals surface area contributed by atoms with E-state index >= 15 is 0 Å². The molecular formula is C13H14BrN3O3S. The standard InChI is InChI=1S/C13H14BrN3O3S/c1-7-4-17(5-8(7)13(18)19)6-11-15-16-12(20-11)9-2-3-10(14)21-9/h2-3,7-8H,4-6H2,1H3,(H,18,19). The third-order valence-corrected chi connectivity index (χ3v) is 5.23. The number of carboxylic acids is 1. The molecule has 0 bridgehead atoms. The first-order chi connectivity index (χ1) is 10.0. The number of hydrogen-bond donors (Lipinski definition) is 1. The lowest BCUT2D eigenvalue weighted by Gasteiger charge is -2.11. The lowest BCUT2D eigenvalue weighted by Crippen LogP contribution is -2.23. The van der Waals surface area contributed by atoms with Gasteiger partial charge in [-0.15, -0.1) is 21.5 Å². The quantitative estimate of drug-likeness (QED) is 0.889. The molecule has 112 valence electrons. The van der Waals surface area contributed by atoms with Crippen LogP contribution < -0.4 is 0 Å². The van der Waals surface area contributed by atoms with E-state index < -0.39 is 5.97 Å². The Hall–Kier alpha value is -1.25. The van der Waals surface area contributed by atoms with E-state index in [1.54, 1.807) is 0 Å². The van der Waals surface area contributed by atoms with E-state index in [0.717, 1.165) is 15.2 Å². The van der Waals surface area contributed by atoms with E-state index in [1.165, 1.54) is 11.3 Å². The van der Waals surface area contributed by atoms with Gasteiger partial charge in [0.05, 0.1) is 21.1 Å². The molecule has 6 nitrogen and oxygen atoms in total. The molecule has 1 saturated heterocycles. The molecular weight excluding hydrogens is 358 g/mol. The molecule has 1 aliphatic heterocycles. The smallest absolute Gasteiger partial charge is 0.308 e. The first kappa shape index (κ1) is 14.7. The minimum absolute atomic E-state index is 0.137. The Kier molecular flexibility index (Phi) is 4.10. The number of nitrogens with zero attached hydrogens (tertiary/aromatic N) is 3. The molecule has 1 fully saturated rings. The van der Waals surface area contributed by atoms with Crippen molar-refractivity contribution in [1.82, 2.24) is 15.1 Å². The molecule has 0 saturated carbocycles. The Bertz CT molecular complexity index is 657. The Morgan fingerprint density at radius 2 is 2.33 bits per heavy atom. The van der Waals surface area contributed by atoms with Crippen LogP contribution in [0.5, 0.6) is 0 Å². The minimum atomic E-state index is -0.736. The molecule has 3 heterocycles. The largest absolute Gasteiger partial charge is 0.481 e. The van der Waals surface area contributed by atoms with Crippen LogP contribution in [-0.2, 0) is 11.3 Å². The maximum Gasteiger partial charge on any atom is 0.308 e. The summed E-state index contributed by atoms with van der Waals surface area (Å²) in [6.45, 7) is 3.72. The molecule has 8 heteroatoms. The number of halogens is 1. The van der Waals surface area contributed by atoms with E-state index in [9.17, 15) is 4.79 Å². The van der Waals surface area contributed by atoms with Crippen molar-refractivity contribution in [3.8, 4) is 10.8 Å². The lowest BCUT2D eigenvalue weighted by molar-refractivity contribution is -0.142. The summed E-state index contributed by atoms with van der Waals surface area (Å²) in [6, 6.07) is 3.86. The minimum Gasteiger partial charge on any atom is -0.481 e.